The van der Waals surface area contributed by atoms with Crippen LogP contribution in [0.25, 0.3) is 0 Å². The first-order chi connectivity index (χ1) is 7.77. The molecule has 0 aromatic heterocycles. The summed E-state index contributed by atoms with van der Waals surface area (Å²) in [4.78, 5) is 11.8. The van der Waals surface area contributed by atoms with Crippen LogP contribution >= 0.6 is 0 Å². The van der Waals surface area contributed by atoms with Crippen LogP contribution in [0.15, 0.2) is 0 Å². The predicted octanol–water partition coefficient (Wildman–Crippen LogP) is 0.657. The van der Waals surface area contributed by atoms with E-state index < -0.39 is 0 Å². The first kappa shape index (κ1) is 11.9. The molecule has 4 nitrogen and oxygen atoms in total. The fourth-order valence-corrected chi connectivity index (χ4v) is 2.66. The number of carbonyl (C=O) groups is 1. The Bertz CT molecular complexity index is 239. The van der Waals surface area contributed by atoms with Crippen LogP contribution in [-0.4, -0.2) is 31.7 Å². The summed E-state index contributed by atoms with van der Waals surface area (Å²) < 4.78 is 5.30. The first-order valence-electron chi connectivity index (χ1n) is 6.38. The molecule has 1 aliphatic carbocycles. The van der Waals surface area contributed by atoms with Gasteiger partial charge in [-0.25, -0.2) is 0 Å². The minimum absolute atomic E-state index is 0.0554. The molecule has 0 aromatic rings. The van der Waals surface area contributed by atoms with Gasteiger partial charge < -0.3 is 15.8 Å². The van der Waals surface area contributed by atoms with Gasteiger partial charge in [-0.3, -0.25) is 4.79 Å². The first-order valence-corrected chi connectivity index (χ1v) is 6.38. The number of hydrogen-bond donors (Lipinski definition) is 2. The Labute approximate surface area is 96.9 Å². The van der Waals surface area contributed by atoms with Gasteiger partial charge in [-0.15, -0.1) is 0 Å². The Morgan fingerprint density at radius 1 is 1.38 bits per heavy atom. The van der Waals surface area contributed by atoms with Crippen LogP contribution in [0.1, 0.15) is 32.1 Å². The third-order valence-corrected chi connectivity index (χ3v) is 3.78. The Hall–Kier alpha value is -0.610. The van der Waals surface area contributed by atoms with Crippen molar-refractivity contribution < 1.29 is 9.53 Å². The zero-order chi connectivity index (χ0) is 11.4. The Balaban J connectivity index is 1.63. The summed E-state index contributed by atoms with van der Waals surface area (Å²) in [6.45, 7) is 2.51. The van der Waals surface area contributed by atoms with Gasteiger partial charge in [0.2, 0.25) is 5.91 Å². The third-order valence-electron chi connectivity index (χ3n) is 3.78. The summed E-state index contributed by atoms with van der Waals surface area (Å²) in [6, 6.07) is 0.0785. The molecule has 4 heteroatoms. The van der Waals surface area contributed by atoms with E-state index in [4.69, 9.17) is 10.5 Å². The maximum Gasteiger partial charge on any atom is 0.224 e. The summed E-state index contributed by atoms with van der Waals surface area (Å²) in [6.07, 6.45) is 5.22. The lowest BCUT2D eigenvalue weighted by Crippen LogP contribution is -2.39. The lowest BCUT2D eigenvalue weighted by Gasteiger charge is -2.15. The number of carbonyl (C=O) groups excluding carboxylic acids is 1. The average Bonchev–Trinajstić information content (AvgIpc) is 2.88. The van der Waals surface area contributed by atoms with Crippen molar-refractivity contribution >= 4 is 5.91 Å². The number of amides is 1. The maximum atomic E-state index is 11.8. The van der Waals surface area contributed by atoms with E-state index in [0.29, 0.717) is 5.92 Å². The molecular weight excluding hydrogens is 204 g/mol. The summed E-state index contributed by atoms with van der Waals surface area (Å²) in [5.74, 6) is 0.848. The standard InChI is InChI=1S/C12H22N2O2/c13-11-3-1-2-10(11)12(15)14-6-4-9-5-7-16-8-9/h9-11H,1-8,13H2,(H,14,15). The van der Waals surface area contributed by atoms with Crippen molar-refractivity contribution in [2.45, 2.75) is 38.1 Å². The molecule has 2 fully saturated rings. The van der Waals surface area contributed by atoms with E-state index in [9.17, 15) is 4.79 Å². The van der Waals surface area contributed by atoms with Gasteiger partial charge in [-0.05, 0) is 31.6 Å². The molecule has 3 atom stereocenters. The molecule has 3 N–H and O–H groups in total. The van der Waals surface area contributed by atoms with Crippen LogP contribution in [0.4, 0.5) is 0 Å². The topological polar surface area (TPSA) is 64.4 Å². The van der Waals surface area contributed by atoms with Gasteiger partial charge in [0, 0.05) is 25.8 Å². The molecule has 16 heavy (non-hydrogen) atoms. The molecule has 1 amide bonds. The normalized spacial score (nSPS) is 34.2. The monoisotopic (exact) mass is 226 g/mol. The second-order valence-electron chi connectivity index (χ2n) is 5.01. The SMILES string of the molecule is NC1CCCC1C(=O)NCCC1CCOC1. The molecule has 1 aliphatic heterocycles. The Morgan fingerprint density at radius 3 is 2.88 bits per heavy atom. The highest BCUT2D eigenvalue weighted by Gasteiger charge is 2.29. The zero-order valence-electron chi connectivity index (χ0n) is 9.78. The summed E-state index contributed by atoms with van der Waals surface area (Å²) in [5, 5.41) is 3.01. The van der Waals surface area contributed by atoms with Crippen molar-refractivity contribution in [3.05, 3.63) is 0 Å². The fourth-order valence-electron chi connectivity index (χ4n) is 2.66. The zero-order valence-corrected chi connectivity index (χ0v) is 9.78. The van der Waals surface area contributed by atoms with Crippen molar-refractivity contribution in [1.82, 2.24) is 5.32 Å². The fraction of sp³-hybridized carbons (Fsp3) is 0.917. The molecule has 0 spiro atoms. The van der Waals surface area contributed by atoms with E-state index in [1.807, 2.05) is 0 Å². The van der Waals surface area contributed by atoms with E-state index in [1.165, 1.54) is 0 Å². The molecule has 1 heterocycles. The van der Waals surface area contributed by atoms with Gasteiger partial charge in [0.15, 0.2) is 0 Å². The second-order valence-corrected chi connectivity index (χ2v) is 5.01. The quantitative estimate of drug-likeness (QED) is 0.740. The van der Waals surface area contributed by atoms with Gasteiger partial charge in [0.05, 0.1) is 5.92 Å². The summed E-state index contributed by atoms with van der Waals surface area (Å²) in [7, 11) is 0. The highest BCUT2D eigenvalue weighted by atomic mass is 16.5. The molecule has 3 unspecified atom stereocenters. The number of nitrogens with two attached hydrogens (primary N) is 1. The highest BCUT2D eigenvalue weighted by molar-refractivity contribution is 5.79. The van der Waals surface area contributed by atoms with Crippen LogP contribution in [0, 0.1) is 11.8 Å². The van der Waals surface area contributed by atoms with Crippen molar-refractivity contribution in [3.8, 4) is 0 Å². The van der Waals surface area contributed by atoms with Gasteiger partial charge >= 0.3 is 0 Å². The molecule has 2 rings (SSSR count). The number of hydrogen-bond acceptors (Lipinski definition) is 3. The van der Waals surface area contributed by atoms with Crippen LogP contribution in [0.2, 0.25) is 0 Å². The lowest BCUT2D eigenvalue weighted by molar-refractivity contribution is -0.125. The third kappa shape index (κ3) is 2.95. The summed E-state index contributed by atoms with van der Waals surface area (Å²) in [5.41, 5.74) is 5.89. The highest BCUT2D eigenvalue weighted by Crippen LogP contribution is 2.24. The molecule has 1 saturated heterocycles. The number of rotatable bonds is 4. The van der Waals surface area contributed by atoms with Crippen molar-refractivity contribution in [3.63, 3.8) is 0 Å². The molecule has 0 aromatic carbocycles. The molecule has 1 saturated carbocycles. The second kappa shape index (κ2) is 5.64. The predicted molar refractivity (Wildman–Crippen MR) is 61.9 cm³/mol. The Morgan fingerprint density at radius 2 is 2.25 bits per heavy atom. The van der Waals surface area contributed by atoms with E-state index >= 15 is 0 Å². The summed E-state index contributed by atoms with van der Waals surface area (Å²) >= 11 is 0. The largest absolute Gasteiger partial charge is 0.381 e. The van der Waals surface area contributed by atoms with Crippen LogP contribution in [0.5, 0.6) is 0 Å². The molecule has 92 valence electrons. The van der Waals surface area contributed by atoms with Gasteiger partial charge in [-0.1, -0.05) is 6.42 Å². The smallest absolute Gasteiger partial charge is 0.224 e. The van der Waals surface area contributed by atoms with E-state index in [1.54, 1.807) is 0 Å². The van der Waals surface area contributed by atoms with Gasteiger partial charge in [-0.2, -0.15) is 0 Å². The number of nitrogens with one attached hydrogen (secondary N) is 1. The minimum atomic E-state index is 0.0554. The van der Waals surface area contributed by atoms with Crippen molar-refractivity contribution in [2.24, 2.45) is 17.6 Å². The van der Waals surface area contributed by atoms with Gasteiger partial charge in [0.25, 0.3) is 0 Å². The van der Waals surface area contributed by atoms with Crippen LogP contribution < -0.4 is 11.1 Å². The lowest BCUT2D eigenvalue weighted by atomic mass is 10.0. The van der Waals surface area contributed by atoms with E-state index in [-0.39, 0.29) is 17.9 Å². The Kier molecular flexibility index (Phi) is 4.18. The van der Waals surface area contributed by atoms with E-state index in [0.717, 1.165) is 51.9 Å². The van der Waals surface area contributed by atoms with Crippen molar-refractivity contribution in [2.75, 3.05) is 19.8 Å². The van der Waals surface area contributed by atoms with Crippen molar-refractivity contribution in [1.29, 1.82) is 0 Å². The van der Waals surface area contributed by atoms with E-state index in [2.05, 4.69) is 5.32 Å². The number of ether oxygens (including phenoxy) is 1. The molecule has 2 aliphatic rings. The minimum Gasteiger partial charge on any atom is -0.381 e. The molecular formula is C12H22N2O2. The van der Waals surface area contributed by atoms with Crippen LogP contribution in [0.3, 0.4) is 0 Å². The van der Waals surface area contributed by atoms with Gasteiger partial charge in [0.1, 0.15) is 0 Å². The maximum absolute atomic E-state index is 11.8. The average molecular weight is 226 g/mol. The molecule has 0 bridgehead atoms. The molecule has 0 radical (unpaired) electrons. The van der Waals surface area contributed by atoms with Crippen LogP contribution in [-0.2, 0) is 9.53 Å².